The third-order valence-electron chi connectivity index (χ3n) is 9.42. The molecule has 0 spiro atoms. The minimum absolute atomic E-state index is 0.144. The molecule has 1 aliphatic heterocycles. The summed E-state index contributed by atoms with van der Waals surface area (Å²) in [4.78, 5) is 26.7. The summed E-state index contributed by atoms with van der Waals surface area (Å²) in [5.41, 5.74) is 5.73. The smallest absolute Gasteiger partial charge is 0.320 e. The van der Waals surface area contributed by atoms with Crippen LogP contribution in [0, 0.1) is 6.92 Å². The summed E-state index contributed by atoms with van der Waals surface area (Å²) in [5, 5.41) is 27.0. The molecule has 2 aliphatic rings. The van der Waals surface area contributed by atoms with Crippen molar-refractivity contribution in [1.29, 1.82) is 0 Å². The molecular formula is C38H47N9O4. The number of fused-ring (bicyclic) bond motifs is 2. The largest absolute Gasteiger partial charge is 0.484 e. The standard InChI is InChI=1S/C37H45N9O2.CH2O2/c1-25-10-12-26(13-11-25)46-34(22-32(42-46)37(2,3)4)39-36(47)38-30-15-16-31(29-9-7-6-8-28(29)30)48-27-14-17-33-40-41-35(45(33)23-27)24-44-20-18-43(5)19-21-44;2-1-3/h6-14,17,22-23,30-31H,15-16,18-21,24H2,1-5H3,(H2,38,39,47);1H,(H,2,3)/t30-,31+;/m0./s1. The number of urea groups is 1. The van der Waals surface area contributed by atoms with Gasteiger partial charge in [0.25, 0.3) is 6.47 Å². The lowest BCUT2D eigenvalue weighted by Crippen LogP contribution is -2.44. The van der Waals surface area contributed by atoms with Gasteiger partial charge in [-0.1, -0.05) is 62.7 Å². The molecule has 3 aromatic heterocycles. The first-order chi connectivity index (χ1) is 24.5. The quantitative estimate of drug-likeness (QED) is 0.182. The van der Waals surface area contributed by atoms with Crippen LogP contribution in [0.25, 0.3) is 11.3 Å². The van der Waals surface area contributed by atoms with Crippen LogP contribution in [0.3, 0.4) is 0 Å². The zero-order chi connectivity index (χ0) is 36.1. The summed E-state index contributed by atoms with van der Waals surface area (Å²) >= 11 is 0. The molecule has 0 unspecified atom stereocenters. The Kier molecular flexibility index (Phi) is 10.7. The number of piperazine rings is 1. The van der Waals surface area contributed by atoms with E-state index in [9.17, 15) is 4.79 Å². The summed E-state index contributed by atoms with van der Waals surface area (Å²) in [7, 11) is 2.16. The molecule has 13 nitrogen and oxygen atoms in total. The van der Waals surface area contributed by atoms with E-state index in [0.717, 1.165) is 90.9 Å². The molecule has 5 aromatic rings. The minimum atomic E-state index is -0.270. The molecule has 51 heavy (non-hydrogen) atoms. The van der Waals surface area contributed by atoms with Gasteiger partial charge in [0.1, 0.15) is 17.7 Å². The first-order valence-electron chi connectivity index (χ1n) is 17.4. The highest BCUT2D eigenvalue weighted by atomic mass is 16.5. The zero-order valence-electron chi connectivity index (χ0n) is 29.9. The summed E-state index contributed by atoms with van der Waals surface area (Å²) in [6, 6.07) is 21.8. The van der Waals surface area contributed by atoms with Crippen LogP contribution in [0.1, 0.15) is 74.0 Å². The Hall–Kier alpha value is -5.27. The van der Waals surface area contributed by atoms with E-state index in [4.69, 9.17) is 19.7 Å². The van der Waals surface area contributed by atoms with Crippen molar-refractivity contribution in [2.75, 3.05) is 38.5 Å². The van der Waals surface area contributed by atoms with Crippen LogP contribution in [0.2, 0.25) is 0 Å². The van der Waals surface area contributed by atoms with Crippen LogP contribution < -0.4 is 15.4 Å². The van der Waals surface area contributed by atoms with Gasteiger partial charge in [-0.05, 0) is 62.2 Å². The van der Waals surface area contributed by atoms with Crippen LogP contribution in [0.15, 0.2) is 72.9 Å². The van der Waals surface area contributed by atoms with Gasteiger partial charge in [-0.25, -0.2) is 9.48 Å². The van der Waals surface area contributed by atoms with Crippen molar-refractivity contribution in [3.63, 3.8) is 0 Å². The summed E-state index contributed by atoms with van der Waals surface area (Å²) < 4.78 is 10.5. The van der Waals surface area contributed by atoms with Crippen molar-refractivity contribution in [2.45, 2.75) is 64.6 Å². The van der Waals surface area contributed by atoms with Gasteiger partial charge >= 0.3 is 6.03 Å². The Balaban J connectivity index is 0.00000144. The third-order valence-corrected chi connectivity index (χ3v) is 9.42. The Morgan fingerprint density at radius 2 is 1.69 bits per heavy atom. The van der Waals surface area contributed by atoms with Crippen molar-refractivity contribution in [1.82, 2.24) is 39.5 Å². The van der Waals surface area contributed by atoms with E-state index in [2.05, 4.69) is 77.5 Å². The lowest BCUT2D eigenvalue weighted by Gasteiger charge is -2.32. The molecule has 1 saturated heterocycles. The first-order valence-corrected chi connectivity index (χ1v) is 17.4. The van der Waals surface area contributed by atoms with Gasteiger partial charge in [0.05, 0.1) is 30.2 Å². The number of hydrogen-bond donors (Lipinski definition) is 3. The predicted molar refractivity (Wildman–Crippen MR) is 195 cm³/mol. The van der Waals surface area contributed by atoms with Crippen molar-refractivity contribution in [3.05, 3.63) is 101 Å². The number of amides is 2. The second kappa shape index (κ2) is 15.3. The van der Waals surface area contributed by atoms with Crippen molar-refractivity contribution in [2.24, 2.45) is 0 Å². The average Bonchev–Trinajstić information content (AvgIpc) is 3.72. The number of pyridine rings is 1. The number of ether oxygens (including phenoxy) is 1. The number of nitrogens with one attached hydrogen (secondary N) is 2. The van der Waals surface area contributed by atoms with Gasteiger partial charge < -0.3 is 20.1 Å². The Labute approximate surface area is 298 Å². The fourth-order valence-corrected chi connectivity index (χ4v) is 6.52. The molecule has 13 heteroatoms. The van der Waals surface area contributed by atoms with Crippen molar-refractivity contribution in [3.8, 4) is 11.4 Å². The molecule has 4 heterocycles. The first kappa shape index (κ1) is 35.6. The molecule has 2 amide bonds. The normalized spacial score (nSPS) is 18.0. The number of nitrogens with zero attached hydrogens (tertiary/aromatic N) is 7. The number of likely N-dealkylation sites (N-methyl/N-ethyl adjacent to an activating group) is 1. The molecule has 7 rings (SSSR count). The Morgan fingerprint density at radius 3 is 2.39 bits per heavy atom. The second-order valence-corrected chi connectivity index (χ2v) is 14.3. The van der Waals surface area contributed by atoms with Gasteiger partial charge in [0.2, 0.25) is 0 Å². The van der Waals surface area contributed by atoms with Gasteiger partial charge in [-0.15, -0.1) is 10.2 Å². The van der Waals surface area contributed by atoms with Crippen molar-refractivity contribution < 1.29 is 19.4 Å². The van der Waals surface area contributed by atoms with Gasteiger partial charge in [0.15, 0.2) is 11.5 Å². The van der Waals surface area contributed by atoms with Crippen LogP contribution in [0.4, 0.5) is 10.6 Å². The number of hydrogen-bond acceptors (Lipinski definition) is 8. The number of aromatic nitrogens is 5. The van der Waals surface area contributed by atoms with E-state index < -0.39 is 0 Å². The molecule has 2 atom stereocenters. The summed E-state index contributed by atoms with van der Waals surface area (Å²) in [6.07, 6.45) is 3.36. The molecule has 268 valence electrons. The third kappa shape index (κ3) is 8.38. The predicted octanol–water partition coefficient (Wildman–Crippen LogP) is 5.75. The molecule has 0 saturated carbocycles. The molecule has 0 bridgehead atoms. The van der Waals surface area contributed by atoms with Crippen LogP contribution in [-0.2, 0) is 16.8 Å². The molecular weight excluding hydrogens is 646 g/mol. The monoisotopic (exact) mass is 693 g/mol. The number of anilines is 1. The average molecular weight is 694 g/mol. The second-order valence-electron chi connectivity index (χ2n) is 14.3. The zero-order valence-corrected chi connectivity index (χ0v) is 29.9. The fraction of sp³-hybridized carbons (Fsp3) is 0.395. The lowest BCUT2D eigenvalue weighted by atomic mass is 9.85. The van der Waals surface area contributed by atoms with E-state index in [-0.39, 0.29) is 30.1 Å². The van der Waals surface area contributed by atoms with Gasteiger partial charge in [-0.2, -0.15) is 5.10 Å². The van der Waals surface area contributed by atoms with Crippen LogP contribution >= 0.6 is 0 Å². The number of rotatable bonds is 7. The van der Waals surface area contributed by atoms with E-state index >= 15 is 0 Å². The maximum atomic E-state index is 13.5. The number of aryl methyl sites for hydroxylation is 1. The maximum absolute atomic E-state index is 13.5. The highest BCUT2D eigenvalue weighted by Crippen LogP contribution is 2.39. The summed E-state index contributed by atoms with van der Waals surface area (Å²) in [6.45, 7) is 13.1. The topological polar surface area (TPSA) is 142 Å². The van der Waals surface area contributed by atoms with Crippen LogP contribution in [-0.4, -0.2) is 85.0 Å². The molecule has 0 radical (unpaired) electrons. The van der Waals surface area contributed by atoms with Gasteiger partial charge in [0, 0.05) is 37.7 Å². The Bertz CT molecular complexity index is 1960. The number of carboxylic acid groups (broad SMARTS) is 1. The molecule has 3 N–H and O–H groups in total. The lowest BCUT2D eigenvalue weighted by molar-refractivity contribution is -0.122. The van der Waals surface area contributed by atoms with E-state index in [1.54, 1.807) is 0 Å². The number of carbonyl (C=O) groups excluding carboxylic acids is 1. The molecule has 1 aliphatic carbocycles. The highest BCUT2D eigenvalue weighted by Gasteiger charge is 2.30. The van der Waals surface area contributed by atoms with E-state index in [0.29, 0.717) is 5.82 Å². The highest BCUT2D eigenvalue weighted by molar-refractivity contribution is 5.89. The van der Waals surface area contributed by atoms with Gasteiger partial charge in [-0.3, -0.25) is 19.4 Å². The van der Waals surface area contributed by atoms with E-state index in [1.165, 1.54) is 0 Å². The fourth-order valence-electron chi connectivity index (χ4n) is 6.52. The van der Waals surface area contributed by atoms with Crippen LogP contribution in [0.5, 0.6) is 5.75 Å². The minimum Gasteiger partial charge on any atom is -0.484 e. The number of benzene rings is 2. The molecule has 2 aromatic carbocycles. The molecule has 1 fully saturated rings. The number of carbonyl (C=O) groups is 2. The summed E-state index contributed by atoms with van der Waals surface area (Å²) in [5.74, 6) is 2.31. The maximum Gasteiger partial charge on any atom is 0.320 e. The SMILES string of the molecule is Cc1ccc(-n2nc(C(C)(C)C)cc2NC(=O)N[C@H]2CC[C@@H](Oc3ccc4nnc(CN5CCN(C)CC5)n4c3)c3ccccc32)cc1.O=CO. The van der Waals surface area contributed by atoms with Crippen molar-refractivity contribution >= 4 is 24.0 Å². The Morgan fingerprint density at radius 1 is 0.980 bits per heavy atom. The van der Waals surface area contributed by atoms with E-state index in [1.807, 2.05) is 69.9 Å².